The molecule has 0 bridgehead atoms. The molecule has 0 atom stereocenters. The maximum absolute atomic E-state index is 5.67. The number of hydrogen-bond donors (Lipinski definition) is 0. The van der Waals surface area contributed by atoms with Gasteiger partial charge in [-0.2, -0.15) is 0 Å². The van der Waals surface area contributed by atoms with Crippen LogP contribution in [0.5, 0.6) is 0 Å². The minimum atomic E-state index is -1.67. The summed E-state index contributed by atoms with van der Waals surface area (Å²) < 4.78 is 14.2. The minimum absolute atomic E-state index is 1.08. The van der Waals surface area contributed by atoms with E-state index in [1.54, 1.807) is 0 Å². The van der Waals surface area contributed by atoms with Gasteiger partial charge < -0.3 is 0 Å². The molecule has 2 saturated heterocycles. The first-order valence-corrected chi connectivity index (χ1v) is 15.2. The Balaban J connectivity index is 1.90. The van der Waals surface area contributed by atoms with Crippen LogP contribution < -0.4 is 0 Å². The van der Waals surface area contributed by atoms with Crippen molar-refractivity contribution in [1.82, 2.24) is 14.0 Å². The van der Waals surface area contributed by atoms with Gasteiger partial charge in [0.1, 0.15) is 0 Å². The van der Waals surface area contributed by atoms with Gasteiger partial charge in [-0.1, -0.05) is 78.6 Å². The molecule has 5 heteroatoms. The Morgan fingerprint density at radius 2 is 1.10 bits per heavy atom. The van der Waals surface area contributed by atoms with Crippen molar-refractivity contribution >= 4 is 7.51 Å². The van der Waals surface area contributed by atoms with Crippen molar-refractivity contribution < 1.29 is 0 Å². The lowest BCUT2D eigenvalue weighted by molar-refractivity contribution is 0.355. The lowest BCUT2D eigenvalue weighted by Gasteiger charge is -2.47. The third kappa shape index (κ3) is 7.91. The van der Waals surface area contributed by atoms with E-state index in [0.717, 1.165) is 13.1 Å². The largest absolute Gasteiger partial charge is 0.261 e. The van der Waals surface area contributed by atoms with Crippen LogP contribution in [0.3, 0.4) is 0 Å². The SMILES string of the molecule is CCCCCCCCCCCCN=P(N(CC)CCC)(N1CCCC1)N1CCCC1. The third-order valence-electron chi connectivity index (χ3n) is 6.95. The predicted molar refractivity (Wildman–Crippen MR) is 135 cm³/mol. The number of unbranched alkanes of at least 4 members (excludes halogenated alkanes) is 9. The lowest BCUT2D eigenvalue weighted by atomic mass is 10.1. The quantitative estimate of drug-likeness (QED) is 0.170. The van der Waals surface area contributed by atoms with Crippen molar-refractivity contribution in [2.24, 2.45) is 4.74 Å². The topological polar surface area (TPSA) is 22.1 Å². The standard InChI is InChI=1S/C25H53N4P/c1-4-7-8-9-10-11-12-13-14-15-20-26-30(27(6-3)21-5-2,28-22-16-17-23-28)29-24-18-19-25-29/h4-25H2,1-3H3. The van der Waals surface area contributed by atoms with Gasteiger partial charge in [-0.05, 0) is 38.5 Å². The summed E-state index contributed by atoms with van der Waals surface area (Å²) in [5.74, 6) is 0. The van der Waals surface area contributed by atoms with E-state index in [0.29, 0.717) is 0 Å². The number of hydrogen-bond acceptors (Lipinski definition) is 1. The van der Waals surface area contributed by atoms with E-state index in [2.05, 4.69) is 34.8 Å². The fourth-order valence-electron chi connectivity index (χ4n) is 5.29. The van der Waals surface area contributed by atoms with Gasteiger partial charge in [0, 0.05) is 45.8 Å². The van der Waals surface area contributed by atoms with Crippen LogP contribution in [0.25, 0.3) is 0 Å². The van der Waals surface area contributed by atoms with E-state index in [9.17, 15) is 0 Å². The molecular formula is C25H53N4P. The molecule has 0 radical (unpaired) electrons. The summed E-state index contributed by atoms with van der Waals surface area (Å²) >= 11 is 0. The molecule has 0 N–H and O–H groups in total. The third-order valence-corrected chi connectivity index (χ3v) is 11.1. The van der Waals surface area contributed by atoms with Crippen molar-refractivity contribution in [3.8, 4) is 0 Å². The highest BCUT2D eigenvalue weighted by Gasteiger charge is 2.41. The molecule has 0 amide bonds. The van der Waals surface area contributed by atoms with Crippen molar-refractivity contribution in [3.63, 3.8) is 0 Å². The lowest BCUT2D eigenvalue weighted by Crippen LogP contribution is -2.39. The average molecular weight is 441 g/mol. The zero-order valence-corrected chi connectivity index (χ0v) is 21.7. The number of nitrogens with zero attached hydrogens (tertiary/aromatic N) is 4. The first-order valence-electron chi connectivity index (χ1n) is 13.6. The monoisotopic (exact) mass is 440 g/mol. The molecule has 178 valence electrons. The number of rotatable bonds is 17. The van der Waals surface area contributed by atoms with Crippen molar-refractivity contribution in [2.45, 2.75) is 117 Å². The molecule has 0 unspecified atom stereocenters. The smallest absolute Gasteiger partial charge is 0.167 e. The van der Waals surface area contributed by atoms with Gasteiger partial charge in [-0.15, -0.1) is 0 Å². The van der Waals surface area contributed by atoms with Gasteiger partial charge in [0.05, 0.1) is 0 Å². The molecule has 2 aliphatic rings. The second kappa shape index (κ2) is 15.8. The van der Waals surface area contributed by atoms with Crippen molar-refractivity contribution in [3.05, 3.63) is 0 Å². The van der Waals surface area contributed by atoms with Crippen molar-refractivity contribution in [2.75, 3.05) is 45.8 Å². The summed E-state index contributed by atoms with van der Waals surface area (Å²) in [6.45, 7) is 15.5. The molecule has 0 aromatic rings. The molecular weight excluding hydrogens is 387 g/mol. The fourth-order valence-corrected chi connectivity index (χ4v) is 9.79. The average Bonchev–Trinajstić information content (AvgIpc) is 3.48. The molecule has 2 aliphatic heterocycles. The molecule has 2 fully saturated rings. The van der Waals surface area contributed by atoms with Crippen LogP contribution in [0.2, 0.25) is 0 Å². The first kappa shape index (κ1) is 26.4. The molecule has 30 heavy (non-hydrogen) atoms. The highest BCUT2D eigenvalue weighted by molar-refractivity contribution is 7.59. The van der Waals surface area contributed by atoms with Gasteiger partial charge >= 0.3 is 0 Å². The Labute approximate surface area is 189 Å². The van der Waals surface area contributed by atoms with E-state index >= 15 is 0 Å². The molecule has 0 aliphatic carbocycles. The molecule has 0 aromatic heterocycles. The molecule has 0 aromatic carbocycles. The van der Waals surface area contributed by atoms with Gasteiger partial charge in [0.15, 0.2) is 7.51 Å². The highest BCUT2D eigenvalue weighted by Crippen LogP contribution is 2.61. The van der Waals surface area contributed by atoms with E-state index in [-0.39, 0.29) is 0 Å². The Kier molecular flexibility index (Phi) is 13.9. The van der Waals surface area contributed by atoms with Crippen LogP contribution >= 0.6 is 7.51 Å². The van der Waals surface area contributed by atoms with Gasteiger partial charge in [-0.3, -0.25) is 4.74 Å². The van der Waals surface area contributed by atoms with Crippen LogP contribution in [-0.4, -0.2) is 59.8 Å². The van der Waals surface area contributed by atoms with Crippen LogP contribution in [0.15, 0.2) is 4.74 Å². The first-order chi connectivity index (χ1) is 14.8. The summed E-state index contributed by atoms with van der Waals surface area (Å²) in [7, 11) is -1.67. The molecule has 4 nitrogen and oxygen atoms in total. The van der Waals surface area contributed by atoms with Crippen LogP contribution in [-0.2, 0) is 0 Å². The highest BCUT2D eigenvalue weighted by atomic mass is 31.2. The van der Waals surface area contributed by atoms with E-state index in [1.807, 2.05) is 0 Å². The Hall–Kier alpha value is 0.110. The molecule has 0 spiro atoms. The fraction of sp³-hybridized carbons (Fsp3) is 1.00. The second-order valence-electron chi connectivity index (χ2n) is 9.45. The summed E-state index contributed by atoms with van der Waals surface area (Å²) in [4.78, 5) is 0. The van der Waals surface area contributed by atoms with E-state index in [1.165, 1.54) is 129 Å². The zero-order valence-electron chi connectivity index (χ0n) is 20.8. The predicted octanol–water partition coefficient (Wildman–Crippen LogP) is 7.78. The van der Waals surface area contributed by atoms with E-state index in [4.69, 9.17) is 4.74 Å². The normalized spacial score (nSPS) is 18.7. The Morgan fingerprint density at radius 1 is 0.633 bits per heavy atom. The van der Waals surface area contributed by atoms with Crippen LogP contribution in [0.1, 0.15) is 117 Å². The second-order valence-corrected chi connectivity index (χ2v) is 12.5. The summed E-state index contributed by atoms with van der Waals surface area (Å²) in [6, 6.07) is 0. The summed E-state index contributed by atoms with van der Waals surface area (Å²) in [6.07, 6.45) is 20.8. The van der Waals surface area contributed by atoms with Gasteiger partial charge in [0.25, 0.3) is 0 Å². The Bertz CT molecular complexity index is 450. The van der Waals surface area contributed by atoms with E-state index < -0.39 is 7.51 Å². The minimum Gasteiger partial charge on any atom is -0.261 e. The van der Waals surface area contributed by atoms with Gasteiger partial charge in [0.2, 0.25) is 0 Å². The van der Waals surface area contributed by atoms with Crippen LogP contribution in [0.4, 0.5) is 0 Å². The zero-order chi connectivity index (χ0) is 21.5. The Morgan fingerprint density at radius 3 is 1.53 bits per heavy atom. The molecule has 0 saturated carbocycles. The summed E-state index contributed by atoms with van der Waals surface area (Å²) in [5.41, 5.74) is 0. The molecule has 2 heterocycles. The van der Waals surface area contributed by atoms with Gasteiger partial charge in [-0.25, -0.2) is 14.0 Å². The van der Waals surface area contributed by atoms with Crippen molar-refractivity contribution in [1.29, 1.82) is 0 Å². The maximum atomic E-state index is 5.67. The summed E-state index contributed by atoms with van der Waals surface area (Å²) in [5, 5.41) is 0. The van der Waals surface area contributed by atoms with Crippen LogP contribution in [0, 0.1) is 0 Å². The molecule has 2 rings (SSSR count). The maximum Gasteiger partial charge on any atom is 0.167 e.